The summed E-state index contributed by atoms with van der Waals surface area (Å²) in [6.07, 6.45) is 4.76. The van der Waals surface area contributed by atoms with Crippen LogP contribution in [0.2, 0.25) is 0 Å². The molecule has 1 aliphatic rings. The van der Waals surface area contributed by atoms with Crippen molar-refractivity contribution in [2.75, 3.05) is 7.11 Å². The molecular formula is C15H24N2O. The fourth-order valence-corrected chi connectivity index (χ4v) is 2.72. The fourth-order valence-electron chi connectivity index (χ4n) is 2.72. The Morgan fingerprint density at radius 1 is 1.28 bits per heavy atom. The lowest BCUT2D eigenvalue weighted by molar-refractivity contribution is 0.319. The van der Waals surface area contributed by atoms with Gasteiger partial charge in [0.1, 0.15) is 5.75 Å². The second kappa shape index (κ2) is 6.21. The molecule has 3 heteroatoms. The van der Waals surface area contributed by atoms with Crippen LogP contribution in [0.1, 0.15) is 44.2 Å². The molecule has 1 aromatic carbocycles. The quantitative estimate of drug-likeness (QED) is 0.861. The number of benzene rings is 1. The van der Waals surface area contributed by atoms with Crippen molar-refractivity contribution >= 4 is 0 Å². The van der Waals surface area contributed by atoms with E-state index in [9.17, 15) is 0 Å². The van der Waals surface area contributed by atoms with E-state index in [-0.39, 0.29) is 0 Å². The van der Waals surface area contributed by atoms with E-state index in [1.807, 2.05) is 12.1 Å². The first-order chi connectivity index (χ1) is 8.69. The molecule has 0 saturated heterocycles. The monoisotopic (exact) mass is 248 g/mol. The third-order valence-electron chi connectivity index (χ3n) is 3.82. The van der Waals surface area contributed by atoms with Gasteiger partial charge in [0.2, 0.25) is 0 Å². The summed E-state index contributed by atoms with van der Waals surface area (Å²) < 4.78 is 5.18. The van der Waals surface area contributed by atoms with Gasteiger partial charge in [0.15, 0.2) is 0 Å². The average Bonchev–Trinajstić information content (AvgIpc) is 2.39. The Bertz CT molecular complexity index is 363. The minimum absolute atomic E-state index is 0.367. The molecule has 0 radical (unpaired) electrons. The molecule has 1 fully saturated rings. The zero-order valence-corrected chi connectivity index (χ0v) is 11.4. The topological polar surface area (TPSA) is 47.3 Å². The maximum Gasteiger partial charge on any atom is 0.118 e. The van der Waals surface area contributed by atoms with Gasteiger partial charge in [0, 0.05) is 18.1 Å². The SMILES string of the molecule is COc1ccc([C@@H](C)NC2CCCC(N)C2)cc1. The maximum atomic E-state index is 6.02. The molecule has 1 saturated carbocycles. The Balaban J connectivity index is 1.91. The molecule has 2 unspecified atom stereocenters. The summed E-state index contributed by atoms with van der Waals surface area (Å²) >= 11 is 0. The first-order valence-corrected chi connectivity index (χ1v) is 6.84. The summed E-state index contributed by atoms with van der Waals surface area (Å²) in [6, 6.07) is 9.58. The van der Waals surface area contributed by atoms with Gasteiger partial charge in [-0.25, -0.2) is 0 Å². The van der Waals surface area contributed by atoms with Crippen molar-refractivity contribution in [3.8, 4) is 5.75 Å². The van der Waals surface area contributed by atoms with Crippen LogP contribution < -0.4 is 15.8 Å². The van der Waals surface area contributed by atoms with Crippen LogP contribution in [0.25, 0.3) is 0 Å². The molecule has 0 spiro atoms. The first-order valence-electron chi connectivity index (χ1n) is 6.84. The highest BCUT2D eigenvalue weighted by atomic mass is 16.5. The number of nitrogens with two attached hydrogens (primary N) is 1. The minimum atomic E-state index is 0.367. The summed E-state index contributed by atoms with van der Waals surface area (Å²) in [6.45, 7) is 2.21. The molecule has 3 atom stereocenters. The van der Waals surface area contributed by atoms with Gasteiger partial charge in [0.05, 0.1) is 7.11 Å². The molecule has 3 N–H and O–H groups in total. The third kappa shape index (κ3) is 3.47. The van der Waals surface area contributed by atoms with E-state index in [1.165, 1.54) is 24.8 Å². The largest absolute Gasteiger partial charge is 0.497 e. The van der Waals surface area contributed by atoms with E-state index in [4.69, 9.17) is 10.5 Å². The van der Waals surface area contributed by atoms with Crippen LogP contribution in [0.3, 0.4) is 0 Å². The lowest BCUT2D eigenvalue weighted by Crippen LogP contribution is -2.40. The Morgan fingerprint density at radius 3 is 2.61 bits per heavy atom. The Kier molecular flexibility index (Phi) is 4.61. The zero-order chi connectivity index (χ0) is 13.0. The van der Waals surface area contributed by atoms with Gasteiger partial charge in [-0.3, -0.25) is 0 Å². The molecule has 0 aromatic heterocycles. The third-order valence-corrected chi connectivity index (χ3v) is 3.82. The Morgan fingerprint density at radius 2 is 2.00 bits per heavy atom. The first kappa shape index (κ1) is 13.4. The van der Waals surface area contributed by atoms with E-state index in [1.54, 1.807) is 7.11 Å². The molecule has 0 amide bonds. The predicted molar refractivity (Wildman–Crippen MR) is 74.8 cm³/mol. The van der Waals surface area contributed by atoms with Crippen molar-refractivity contribution in [3.63, 3.8) is 0 Å². The van der Waals surface area contributed by atoms with Crippen LogP contribution in [-0.2, 0) is 0 Å². The lowest BCUT2D eigenvalue weighted by Gasteiger charge is -2.30. The van der Waals surface area contributed by atoms with Gasteiger partial charge >= 0.3 is 0 Å². The number of rotatable bonds is 4. The lowest BCUT2D eigenvalue weighted by atomic mass is 9.91. The molecule has 18 heavy (non-hydrogen) atoms. The summed E-state index contributed by atoms with van der Waals surface area (Å²) in [5, 5.41) is 3.68. The maximum absolute atomic E-state index is 6.02. The van der Waals surface area contributed by atoms with Gasteiger partial charge in [-0.2, -0.15) is 0 Å². The Labute approximate surface area is 110 Å². The molecular weight excluding hydrogens is 224 g/mol. The number of hydrogen-bond donors (Lipinski definition) is 2. The molecule has 0 heterocycles. The highest BCUT2D eigenvalue weighted by molar-refractivity contribution is 5.28. The van der Waals surface area contributed by atoms with Crippen LogP contribution in [0, 0.1) is 0 Å². The van der Waals surface area contributed by atoms with Crippen molar-refractivity contribution in [2.45, 2.75) is 50.7 Å². The standard InChI is InChI=1S/C15H24N2O/c1-11(12-6-8-15(18-2)9-7-12)17-14-5-3-4-13(16)10-14/h6-9,11,13-14,17H,3-5,10,16H2,1-2H3/t11-,13?,14?/m1/s1. The minimum Gasteiger partial charge on any atom is -0.497 e. The summed E-state index contributed by atoms with van der Waals surface area (Å²) in [5.74, 6) is 0.908. The number of hydrogen-bond acceptors (Lipinski definition) is 3. The van der Waals surface area contributed by atoms with Crippen molar-refractivity contribution in [3.05, 3.63) is 29.8 Å². The Hall–Kier alpha value is -1.06. The second-order valence-electron chi connectivity index (χ2n) is 5.29. The van der Waals surface area contributed by atoms with Crippen LogP contribution in [0.15, 0.2) is 24.3 Å². The summed E-state index contributed by atoms with van der Waals surface area (Å²) in [4.78, 5) is 0. The van der Waals surface area contributed by atoms with Crippen LogP contribution in [-0.4, -0.2) is 19.2 Å². The summed E-state index contributed by atoms with van der Waals surface area (Å²) in [7, 11) is 1.69. The second-order valence-corrected chi connectivity index (χ2v) is 5.29. The zero-order valence-electron chi connectivity index (χ0n) is 11.4. The molecule has 2 rings (SSSR count). The molecule has 1 aromatic rings. The smallest absolute Gasteiger partial charge is 0.118 e. The van der Waals surface area contributed by atoms with Gasteiger partial charge in [-0.1, -0.05) is 18.6 Å². The van der Waals surface area contributed by atoms with E-state index in [0.717, 1.165) is 12.2 Å². The van der Waals surface area contributed by atoms with Crippen LogP contribution in [0.5, 0.6) is 5.75 Å². The highest BCUT2D eigenvalue weighted by Gasteiger charge is 2.20. The molecule has 1 aliphatic carbocycles. The predicted octanol–water partition coefficient (Wildman–Crippen LogP) is 2.62. The molecule has 100 valence electrons. The number of nitrogens with one attached hydrogen (secondary N) is 1. The van der Waals surface area contributed by atoms with Crippen LogP contribution in [0.4, 0.5) is 0 Å². The van der Waals surface area contributed by atoms with E-state index < -0.39 is 0 Å². The van der Waals surface area contributed by atoms with Gasteiger partial charge in [-0.05, 0) is 43.9 Å². The average molecular weight is 248 g/mol. The van der Waals surface area contributed by atoms with Crippen molar-refractivity contribution in [2.24, 2.45) is 5.73 Å². The van der Waals surface area contributed by atoms with Gasteiger partial charge in [0.25, 0.3) is 0 Å². The number of ether oxygens (including phenoxy) is 1. The van der Waals surface area contributed by atoms with Crippen LogP contribution >= 0.6 is 0 Å². The molecule has 0 bridgehead atoms. The molecule has 0 aliphatic heterocycles. The fraction of sp³-hybridized carbons (Fsp3) is 0.600. The summed E-state index contributed by atoms with van der Waals surface area (Å²) in [5.41, 5.74) is 7.32. The van der Waals surface area contributed by atoms with E-state index in [0.29, 0.717) is 18.1 Å². The number of methoxy groups -OCH3 is 1. The van der Waals surface area contributed by atoms with Gasteiger partial charge < -0.3 is 15.8 Å². The van der Waals surface area contributed by atoms with E-state index >= 15 is 0 Å². The van der Waals surface area contributed by atoms with Crippen molar-refractivity contribution < 1.29 is 4.74 Å². The van der Waals surface area contributed by atoms with Gasteiger partial charge in [-0.15, -0.1) is 0 Å². The normalized spacial score (nSPS) is 25.7. The van der Waals surface area contributed by atoms with E-state index in [2.05, 4.69) is 24.4 Å². The van der Waals surface area contributed by atoms with Crippen molar-refractivity contribution in [1.29, 1.82) is 0 Å². The molecule has 3 nitrogen and oxygen atoms in total. The van der Waals surface area contributed by atoms with Crippen molar-refractivity contribution in [1.82, 2.24) is 5.32 Å². The highest BCUT2D eigenvalue weighted by Crippen LogP contribution is 2.22.